The molecule has 2 nitrogen and oxygen atoms in total. The van der Waals surface area contributed by atoms with Gasteiger partial charge in [-0.2, -0.15) is 0 Å². The van der Waals surface area contributed by atoms with Gasteiger partial charge < -0.3 is 4.74 Å². The second-order valence-corrected chi connectivity index (χ2v) is 6.82. The van der Waals surface area contributed by atoms with Crippen LogP contribution in [0.15, 0.2) is 0 Å². The van der Waals surface area contributed by atoms with E-state index in [1.807, 2.05) is 0 Å². The predicted molar refractivity (Wildman–Crippen MR) is 78.1 cm³/mol. The SMILES string of the molecule is CCC1CCCCC1C(=O)C1(OC)CCCC(C)C1. The molecule has 19 heavy (non-hydrogen) atoms. The van der Waals surface area contributed by atoms with Crippen molar-refractivity contribution in [2.75, 3.05) is 7.11 Å². The molecular formula is C17H30O2. The van der Waals surface area contributed by atoms with Crippen molar-refractivity contribution in [2.24, 2.45) is 17.8 Å². The van der Waals surface area contributed by atoms with Crippen LogP contribution in [0.2, 0.25) is 0 Å². The molecule has 0 aromatic rings. The Morgan fingerprint density at radius 1 is 1.21 bits per heavy atom. The van der Waals surface area contributed by atoms with E-state index >= 15 is 0 Å². The normalized spacial score (nSPS) is 40.1. The van der Waals surface area contributed by atoms with Crippen LogP contribution in [0.4, 0.5) is 0 Å². The smallest absolute Gasteiger partial charge is 0.167 e. The zero-order valence-electron chi connectivity index (χ0n) is 12.9. The third-order valence-electron chi connectivity index (χ3n) is 5.57. The predicted octanol–water partition coefficient (Wildman–Crippen LogP) is 4.37. The number of carbonyl (C=O) groups is 1. The van der Waals surface area contributed by atoms with Crippen molar-refractivity contribution < 1.29 is 9.53 Å². The average molecular weight is 266 g/mol. The van der Waals surface area contributed by atoms with Crippen LogP contribution in [0, 0.1) is 17.8 Å². The first-order chi connectivity index (χ1) is 9.13. The highest BCUT2D eigenvalue weighted by molar-refractivity contribution is 5.90. The van der Waals surface area contributed by atoms with Gasteiger partial charge in [0.15, 0.2) is 5.78 Å². The largest absolute Gasteiger partial charge is 0.370 e. The van der Waals surface area contributed by atoms with Crippen molar-refractivity contribution in [1.82, 2.24) is 0 Å². The first kappa shape index (κ1) is 15.0. The van der Waals surface area contributed by atoms with E-state index in [0.29, 0.717) is 17.6 Å². The van der Waals surface area contributed by atoms with Crippen LogP contribution in [0.3, 0.4) is 0 Å². The van der Waals surface area contributed by atoms with Crippen molar-refractivity contribution in [3.63, 3.8) is 0 Å². The fourth-order valence-corrected chi connectivity index (χ4v) is 4.39. The number of ketones is 1. The van der Waals surface area contributed by atoms with Crippen LogP contribution < -0.4 is 0 Å². The van der Waals surface area contributed by atoms with Crippen molar-refractivity contribution >= 4 is 5.78 Å². The quantitative estimate of drug-likeness (QED) is 0.755. The monoisotopic (exact) mass is 266 g/mol. The minimum atomic E-state index is -0.451. The molecule has 2 aliphatic rings. The molecule has 2 heteroatoms. The maximum atomic E-state index is 13.1. The second-order valence-electron chi connectivity index (χ2n) is 6.82. The molecule has 0 aliphatic heterocycles. The number of methoxy groups -OCH3 is 1. The Balaban J connectivity index is 2.14. The van der Waals surface area contributed by atoms with Gasteiger partial charge in [-0.25, -0.2) is 0 Å². The van der Waals surface area contributed by atoms with Crippen LogP contribution in [-0.2, 0) is 9.53 Å². The Kier molecular flexibility index (Phi) is 5.05. The van der Waals surface area contributed by atoms with Gasteiger partial charge in [0.1, 0.15) is 5.60 Å². The average Bonchev–Trinajstić information content (AvgIpc) is 2.46. The lowest BCUT2D eigenvalue weighted by Gasteiger charge is -2.42. The Bertz CT molecular complexity index is 312. The van der Waals surface area contributed by atoms with Crippen LogP contribution in [0.1, 0.15) is 71.6 Å². The summed E-state index contributed by atoms with van der Waals surface area (Å²) >= 11 is 0. The highest BCUT2D eigenvalue weighted by Gasteiger charge is 2.46. The van der Waals surface area contributed by atoms with E-state index in [1.165, 1.54) is 25.7 Å². The summed E-state index contributed by atoms with van der Waals surface area (Å²) in [4.78, 5) is 13.1. The molecule has 0 heterocycles. The zero-order valence-corrected chi connectivity index (χ0v) is 12.9. The summed E-state index contributed by atoms with van der Waals surface area (Å²) < 4.78 is 5.81. The lowest BCUT2D eigenvalue weighted by Crippen LogP contribution is -2.49. The molecule has 2 rings (SSSR count). The van der Waals surface area contributed by atoms with E-state index in [-0.39, 0.29) is 5.92 Å². The van der Waals surface area contributed by atoms with E-state index < -0.39 is 5.60 Å². The molecule has 0 amide bonds. The molecule has 2 saturated carbocycles. The van der Waals surface area contributed by atoms with Crippen LogP contribution >= 0.6 is 0 Å². The number of ether oxygens (including phenoxy) is 1. The maximum absolute atomic E-state index is 13.1. The molecule has 0 spiro atoms. The van der Waals surface area contributed by atoms with Crippen molar-refractivity contribution in [3.8, 4) is 0 Å². The Morgan fingerprint density at radius 3 is 2.58 bits per heavy atom. The molecule has 0 aromatic carbocycles. The summed E-state index contributed by atoms with van der Waals surface area (Å²) in [6.45, 7) is 4.50. The number of hydrogen-bond donors (Lipinski definition) is 0. The van der Waals surface area contributed by atoms with Gasteiger partial charge >= 0.3 is 0 Å². The van der Waals surface area contributed by atoms with Gasteiger partial charge in [0.05, 0.1) is 0 Å². The number of carbonyl (C=O) groups excluding carboxylic acids is 1. The number of hydrogen-bond acceptors (Lipinski definition) is 2. The molecular weight excluding hydrogens is 236 g/mol. The fourth-order valence-electron chi connectivity index (χ4n) is 4.39. The molecule has 4 unspecified atom stereocenters. The van der Waals surface area contributed by atoms with E-state index in [9.17, 15) is 4.79 Å². The lowest BCUT2D eigenvalue weighted by molar-refractivity contribution is -0.154. The van der Waals surface area contributed by atoms with Crippen molar-refractivity contribution in [2.45, 2.75) is 77.2 Å². The van der Waals surface area contributed by atoms with Gasteiger partial charge in [-0.1, -0.05) is 39.5 Å². The van der Waals surface area contributed by atoms with Crippen molar-refractivity contribution in [1.29, 1.82) is 0 Å². The van der Waals surface area contributed by atoms with E-state index in [1.54, 1.807) is 7.11 Å². The summed E-state index contributed by atoms with van der Waals surface area (Å²) in [6.07, 6.45) is 10.3. The first-order valence-electron chi connectivity index (χ1n) is 8.22. The minimum absolute atomic E-state index is 0.268. The molecule has 4 atom stereocenters. The summed E-state index contributed by atoms with van der Waals surface area (Å²) in [5, 5.41) is 0. The Labute approximate surface area is 118 Å². The van der Waals surface area contributed by atoms with Crippen LogP contribution in [0.25, 0.3) is 0 Å². The third-order valence-corrected chi connectivity index (χ3v) is 5.57. The highest BCUT2D eigenvalue weighted by atomic mass is 16.5. The summed E-state index contributed by atoms with van der Waals surface area (Å²) in [5.74, 6) is 1.93. The van der Waals surface area contributed by atoms with Gasteiger partial charge in [-0.05, 0) is 43.9 Å². The topological polar surface area (TPSA) is 26.3 Å². The van der Waals surface area contributed by atoms with E-state index in [0.717, 1.165) is 32.1 Å². The zero-order chi connectivity index (χ0) is 13.9. The van der Waals surface area contributed by atoms with Crippen LogP contribution in [-0.4, -0.2) is 18.5 Å². The van der Waals surface area contributed by atoms with Gasteiger partial charge in [0.2, 0.25) is 0 Å². The molecule has 0 saturated heterocycles. The minimum Gasteiger partial charge on any atom is -0.370 e. The van der Waals surface area contributed by atoms with Gasteiger partial charge in [0, 0.05) is 13.0 Å². The maximum Gasteiger partial charge on any atom is 0.167 e. The molecule has 0 N–H and O–H groups in total. The second kappa shape index (κ2) is 6.39. The molecule has 2 fully saturated rings. The lowest BCUT2D eigenvalue weighted by atomic mass is 9.67. The molecule has 0 bridgehead atoms. The Hall–Kier alpha value is -0.370. The molecule has 2 aliphatic carbocycles. The van der Waals surface area contributed by atoms with Crippen molar-refractivity contribution in [3.05, 3.63) is 0 Å². The summed E-state index contributed by atoms with van der Waals surface area (Å²) in [5.41, 5.74) is -0.451. The standard InChI is InChI=1S/C17H30O2/c1-4-14-9-5-6-10-15(14)16(18)17(19-3)11-7-8-13(2)12-17/h13-15H,4-12H2,1-3H3. The fraction of sp³-hybridized carbons (Fsp3) is 0.941. The molecule has 0 radical (unpaired) electrons. The molecule has 110 valence electrons. The Morgan fingerprint density at radius 2 is 1.95 bits per heavy atom. The summed E-state index contributed by atoms with van der Waals surface area (Å²) in [6, 6.07) is 0. The van der Waals surface area contributed by atoms with E-state index in [4.69, 9.17) is 4.74 Å². The number of Topliss-reactive ketones (excluding diaryl/α,β-unsaturated/α-hetero) is 1. The first-order valence-corrected chi connectivity index (χ1v) is 8.22. The van der Waals surface area contributed by atoms with Gasteiger partial charge in [-0.3, -0.25) is 4.79 Å². The highest BCUT2D eigenvalue weighted by Crippen LogP contribution is 2.42. The third kappa shape index (κ3) is 3.04. The van der Waals surface area contributed by atoms with Gasteiger partial charge in [-0.15, -0.1) is 0 Å². The number of rotatable bonds is 4. The summed E-state index contributed by atoms with van der Waals surface area (Å²) in [7, 11) is 1.75. The van der Waals surface area contributed by atoms with Crippen LogP contribution in [0.5, 0.6) is 0 Å². The van der Waals surface area contributed by atoms with Gasteiger partial charge in [0.25, 0.3) is 0 Å². The van der Waals surface area contributed by atoms with E-state index in [2.05, 4.69) is 13.8 Å². The molecule has 0 aromatic heterocycles.